The molecule has 4 heteroatoms. The van der Waals surface area contributed by atoms with E-state index in [0.717, 1.165) is 32.5 Å². The van der Waals surface area contributed by atoms with Gasteiger partial charge in [0.15, 0.2) is 0 Å². The molecule has 4 heterocycles. The van der Waals surface area contributed by atoms with E-state index in [1.807, 2.05) is 0 Å². The number of aromatic nitrogens is 2. The lowest BCUT2D eigenvalue weighted by Crippen LogP contribution is -2.31. The Morgan fingerprint density at radius 1 is 1.24 bits per heavy atom. The van der Waals surface area contributed by atoms with Crippen LogP contribution in [0.3, 0.4) is 0 Å². The molecule has 4 nitrogen and oxygen atoms in total. The minimum Gasteiger partial charge on any atom is -0.381 e. The normalized spacial score (nSPS) is 32.7. The summed E-state index contributed by atoms with van der Waals surface area (Å²) in [5.41, 5.74) is 2.81. The minimum atomic E-state index is 0.563. The Morgan fingerprint density at radius 2 is 2.12 bits per heavy atom. The smallest absolute Gasteiger partial charge is 0.0688 e. The lowest BCUT2D eigenvalue weighted by atomic mass is 10.0. The largest absolute Gasteiger partial charge is 0.381 e. The molecule has 2 atom stereocenters. The van der Waals surface area contributed by atoms with Gasteiger partial charge >= 0.3 is 0 Å². The molecule has 92 valence electrons. The summed E-state index contributed by atoms with van der Waals surface area (Å²) < 4.78 is 7.64. The number of ether oxygens (including phenoxy) is 1. The van der Waals surface area contributed by atoms with Crippen molar-refractivity contribution in [1.29, 1.82) is 0 Å². The molecule has 1 aromatic rings. The van der Waals surface area contributed by atoms with E-state index >= 15 is 0 Å². The van der Waals surface area contributed by atoms with Crippen LogP contribution in [-0.4, -0.2) is 29.0 Å². The Bertz CT molecular complexity index is 422. The molecule has 0 aromatic carbocycles. The predicted molar refractivity (Wildman–Crippen MR) is 63.9 cm³/mol. The fourth-order valence-corrected chi connectivity index (χ4v) is 3.49. The van der Waals surface area contributed by atoms with Gasteiger partial charge in [0.2, 0.25) is 0 Å². The number of fused-ring (bicyclic) bond motifs is 4. The molecule has 3 aliphatic rings. The van der Waals surface area contributed by atoms with Gasteiger partial charge in [-0.05, 0) is 25.7 Å². The Hall–Kier alpha value is -0.870. The zero-order valence-corrected chi connectivity index (χ0v) is 10.1. The molecule has 0 aliphatic carbocycles. The van der Waals surface area contributed by atoms with Crippen molar-refractivity contribution in [2.24, 2.45) is 0 Å². The van der Waals surface area contributed by atoms with Crippen LogP contribution in [0.2, 0.25) is 0 Å². The molecule has 1 N–H and O–H groups in total. The molecule has 2 fully saturated rings. The van der Waals surface area contributed by atoms with E-state index in [4.69, 9.17) is 9.84 Å². The van der Waals surface area contributed by atoms with Gasteiger partial charge < -0.3 is 10.1 Å². The fourth-order valence-electron chi connectivity index (χ4n) is 3.49. The number of hydrogen-bond acceptors (Lipinski definition) is 3. The Kier molecular flexibility index (Phi) is 2.27. The highest BCUT2D eigenvalue weighted by atomic mass is 16.5. The lowest BCUT2D eigenvalue weighted by Gasteiger charge is -2.22. The maximum absolute atomic E-state index is 5.42. The van der Waals surface area contributed by atoms with Crippen LogP contribution in [0.5, 0.6) is 0 Å². The highest BCUT2D eigenvalue weighted by Gasteiger charge is 2.34. The maximum Gasteiger partial charge on any atom is 0.0688 e. The molecule has 3 aliphatic heterocycles. The first-order valence-electron chi connectivity index (χ1n) is 6.82. The monoisotopic (exact) mass is 233 g/mol. The van der Waals surface area contributed by atoms with E-state index in [2.05, 4.69) is 16.2 Å². The predicted octanol–water partition coefficient (Wildman–Crippen LogP) is 1.58. The Balaban J connectivity index is 1.64. The number of rotatable bonds is 1. The standard InChI is InChI=1S/C13H19N3O/c1-2-12-11-8-16(10-3-5-17-6-4-10)15-13(11)7-9(1)14-12/h8-10,12,14H,1-7H2/t9-,12+/m1/s1. The molecule has 0 spiro atoms. The van der Waals surface area contributed by atoms with E-state index in [-0.39, 0.29) is 0 Å². The third-order valence-electron chi connectivity index (χ3n) is 4.46. The van der Waals surface area contributed by atoms with E-state index in [1.165, 1.54) is 24.1 Å². The molecule has 2 bridgehead atoms. The number of nitrogens with one attached hydrogen (secondary N) is 1. The number of hydrogen-bond donors (Lipinski definition) is 1. The Morgan fingerprint density at radius 3 is 3.00 bits per heavy atom. The molecular weight excluding hydrogens is 214 g/mol. The first kappa shape index (κ1) is 10.1. The van der Waals surface area contributed by atoms with Gasteiger partial charge in [-0.25, -0.2) is 0 Å². The first-order valence-corrected chi connectivity index (χ1v) is 6.82. The molecular formula is C13H19N3O. The van der Waals surface area contributed by atoms with Crippen LogP contribution in [0, 0.1) is 0 Å². The quantitative estimate of drug-likeness (QED) is 0.800. The third-order valence-corrected chi connectivity index (χ3v) is 4.46. The molecule has 2 saturated heterocycles. The zero-order valence-electron chi connectivity index (χ0n) is 10.1. The average Bonchev–Trinajstić information content (AvgIpc) is 2.97. The van der Waals surface area contributed by atoms with Gasteiger partial charge in [-0.15, -0.1) is 0 Å². The Labute approximate surface area is 101 Å². The van der Waals surface area contributed by atoms with Crippen molar-refractivity contribution < 1.29 is 4.74 Å². The van der Waals surface area contributed by atoms with Crippen molar-refractivity contribution in [2.45, 2.75) is 50.2 Å². The van der Waals surface area contributed by atoms with E-state index in [0.29, 0.717) is 18.1 Å². The topological polar surface area (TPSA) is 39.1 Å². The molecule has 17 heavy (non-hydrogen) atoms. The van der Waals surface area contributed by atoms with Gasteiger partial charge in [-0.2, -0.15) is 5.10 Å². The van der Waals surface area contributed by atoms with Gasteiger partial charge in [0, 0.05) is 43.5 Å². The highest BCUT2D eigenvalue weighted by Crippen LogP contribution is 2.36. The summed E-state index contributed by atoms with van der Waals surface area (Å²) in [6, 6.07) is 1.83. The second kappa shape index (κ2) is 3.82. The summed E-state index contributed by atoms with van der Waals surface area (Å²) >= 11 is 0. The van der Waals surface area contributed by atoms with Crippen LogP contribution < -0.4 is 5.32 Å². The summed E-state index contributed by atoms with van der Waals surface area (Å²) in [6.07, 6.45) is 8.26. The van der Waals surface area contributed by atoms with Crippen LogP contribution in [0.15, 0.2) is 6.20 Å². The first-order chi connectivity index (χ1) is 8.40. The molecule has 0 unspecified atom stereocenters. The minimum absolute atomic E-state index is 0.563. The van der Waals surface area contributed by atoms with Crippen LogP contribution in [-0.2, 0) is 11.2 Å². The molecule has 0 radical (unpaired) electrons. The molecule has 4 rings (SSSR count). The van der Waals surface area contributed by atoms with E-state index in [1.54, 1.807) is 0 Å². The lowest BCUT2D eigenvalue weighted by molar-refractivity contribution is 0.0661. The SMILES string of the molecule is c1c2c(nn1C1CCOCC1)C[C@H]1CC[C@@H]2N1. The molecule has 1 aromatic heterocycles. The van der Waals surface area contributed by atoms with Gasteiger partial charge in [-0.3, -0.25) is 4.68 Å². The highest BCUT2D eigenvalue weighted by molar-refractivity contribution is 5.28. The summed E-state index contributed by atoms with van der Waals surface area (Å²) in [7, 11) is 0. The second-order valence-corrected chi connectivity index (χ2v) is 5.55. The second-order valence-electron chi connectivity index (χ2n) is 5.55. The van der Waals surface area contributed by atoms with Crippen molar-refractivity contribution in [3.05, 3.63) is 17.5 Å². The van der Waals surface area contributed by atoms with Gasteiger partial charge in [0.25, 0.3) is 0 Å². The van der Waals surface area contributed by atoms with Crippen molar-refractivity contribution in [1.82, 2.24) is 15.1 Å². The van der Waals surface area contributed by atoms with Crippen LogP contribution in [0.25, 0.3) is 0 Å². The van der Waals surface area contributed by atoms with Crippen molar-refractivity contribution in [2.75, 3.05) is 13.2 Å². The zero-order chi connectivity index (χ0) is 11.2. The van der Waals surface area contributed by atoms with Crippen LogP contribution in [0.1, 0.15) is 49.0 Å². The van der Waals surface area contributed by atoms with Gasteiger partial charge in [0.05, 0.1) is 11.7 Å². The van der Waals surface area contributed by atoms with Gasteiger partial charge in [0.1, 0.15) is 0 Å². The van der Waals surface area contributed by atoms with Crippen molar-refractivity contribution in [3.63, 3.8) is 0 Å². The summed E-state index contributed by atoms with van der Waals surface area (Å²) in [5, 5.41) is 8.52. The van der Waals surface area contributed by atoms with Crippen LogP contribution in [0.4, 0.5) is 0 Å². The van der Waals surface area contributed by atoms with Gasteiger partial charge in [-0.1, -0.05) is 0 Å². The summed E-state index contributed by atoms with van der Waals surface area (Å²) in [4.78, 5) is 0. The molecule has 0 saturated carbocycles. The van der Waals surface area contributed by atoms with Crippen molar-refractivity contribution in [3.8, 4) is 0 Å². The summed E-state index contributed by atoms with van der Waals surface area (Å²) in [6.45, 7) is 1.78. The molecule has 0 amide bonds. The fraction of sp³-hybridized carbons (Fsp3) is 0.769. The van der Waals surface area contributed by atoms with Crippen LogP contribution >= 0.6 is 0 Å². The van der Waals surface area contributed by atoms with E-state index in [9.17, 15) is 0 Å². The van der Waals surface area contributed by atoms with E-state index < -0.39 is 0 Å². The summed E-state index contributed by atoms with van der Waals surface area (Å²) in [5.74, 6) is 0. The third kappa shape index (κ3) is 1.62. The van der Waals surface area contributed by atoms with Crippen molar-refractivity contribution >= 4 is 0 Å². The maximum atomic E-state index is 5.42. The average molecular weight is 233 g/mol. The number of nitrogens with zero attached hydrogens (tertiary/aromatic N) is 2.